The molecule has 0 aliphatic heterocycles. The summed E-state index contributed by atoms with van der Waals surface area (Å²) in [4.78, 5) is 0. The van der Waals surface area contributed by atoms with Crippen LogP contribution in [0.5, 0.6) is 5.75 Å². The maximum atomic E-state index is 12.7. The first-order valence-corrected chi connectivity index (χ1v) is 4.20. The molecule has 1 aromatic rings. The molecular formula is C10H13FO2. The zero-order chi connectivity index (χ0) is 9.84. The molecule has 2 nitrogen and oxygen atoms in total. The maximum absolute atomic E-state index is 12.7. The van der Waals surface area contributed by atoms with Crippen LogP contribution in [0, 0.1) is 5.82 Å². The van der Waals surface area contributed by atoms with E-state index in [1.807, 2.05) is 0 Å². The first kappa shape index (κ1) is 9.99. The van der Waals surface area contributed by atoms with Crippen LogP contribution in [0.2, 0.25) is 0 Å². The van der Waals surface area contributed by atoms with Gasteiger partial charge in [0.25, 0.3) is 0 Å². The van der Waals surface area contributed by atoms with Crippen molar-refractivity contribution in [3.8, 4) is 5.75 Å². The summed E-state index contributed by atoms with van der Waals surface area (Å²) in [6, 6.07) is 5.86. The predicted octanol–water partition coefficient (Wildman–Crippen LogP) is 1.97. The van der Waals surface area contributed by atoms with Gasteiger partial charge in [-0.2, -0.15) is 0 Å². The Kier molecular flexibility index (Phi) is 3.25. The third-order valence-electron chi connectivity index (χ3n) is 1.80. The largest absolute Gasteiger partial charge is 0.488 e. The van der Waals surface area contributed by atoms with Gasteiger partial charge < -0.3 is 9.84 Å². The summed E-state index contributed by atoms with van der Waals surface area (Å²) in [6.45, 7) is 3.36. The van der Waals surface area contributed by atoms with E-state index in [0.29, 0.717) is 5.75 Å². The topological polar surface area (TPSA) is 29.5 Å². The Morgan fingerprint density at radius 2 is 2.08 bits per heavy atom. The Bertz CT molecular complexity index is 273. The Hall–Kier alpha value is -1.09. The van der Waals surface area contributed by atoms with Gasteiger partial charge in [0.2, 0.25) is 0 Å². The van der Waals surface area contributed by atoms with Crippen LogP contribution in [-0.2, 0) is 0 Å². The number of halogens is 1. The van der Waals surface area contributed by atoms with Crippen LogP contribution in [0.3, 0.4) is 0 Å². The molecule has 0 fully saturated rings. The van der Waals surface area contributed by atoms with Gasteiger partial charge in [0.1, 0.15) is 17.7 Å². The lowest BCUT2D eigenvalue weighted by Crippen LogP contribution is -2.25. The summed E-state index contributed by atoms with van der Waals surface area (Å²) in [5.74, 6) is 0.101. The number of aliphatic hydroxyl groups excluding tert-OH is 1. The summed E-state index contributed by atoms with van der Waals surface area (Å²) in [5.41, 5.74) is 0. The van der Waals surface area contributed by atoms with E-state index in [4.69, 9.17) is 9.84 Å². The van der Waals surface area contributed by atoms with E-state index in [2.05, 4.69) is 0 Å². The quantitative estimate of drug-likeness (QED) is 0.778. The van der Waals surface area contributed by atoms with Gasteiger partial charge in [-0.3, -0.25) is 0 Å². The molecule has 0 aromatic heterocycles. The standard InChI is InChI=1S/C10H13FO2/c1-7(12)8(2)13-10-5-3-4-9(11)6-10/h3-8,12H,1-2H3/t7-,8?/m0/s1. The highest BCUT2D eigenvalue weighted by atomic mass is 19.1. The van der Waals surface area contributed by atoms with E-state index in [9.17, 15) is 4.39 Å². The smallest absolute Gasteiger partial charge is 0.126 e. The molecule has 0 aliphatic rings. The Balaban J connectivity index is 2.64. The van der Waals surface area contributed by atoms with Crippen LogP contribution in [0.15, 0.2) is 24.3 Å². The predicted molar refractivity (Wildman–Crippen MR) is 48.2 cm³/mol. The highest BCUT2D eigenvalue weighted by molar-refractivity contribution is 5.22. The molecule has 0 radical (unpaired) electrons. The maximum Gasteiger partial charge on any atom is 0.126 e. The van der Waals surface area contributed by atoms with E-state index in [0.717, 1.165) is 0 Å². The lowest BCUT2D eigenvalue weighted by atomic mass is 10.2. The number of ether oxygens (including phenoxy) is 1. The zero-order valence-corrected chi connectivity index (χ0v) is 7.70. The number of hydrogen-bond donors (Lipinski definition) is 1. The van der Waals surface area contributed by atoms with E-state index in [-0.39, 0.29) is 11.9 Å². The van der Waals surface area contributed by atoms with Crippen molar-refractivity contribution in [1.29, 1.82) is 0 Å². The molecule has 2 atom stereocenters. The molecule has 0 amide bonds. The monoisotopic (exact) mass is 184 g/mol. The SMILES string of the molecule is CC(Oc1cccc(F)c1)[C@H](C)O. The first-order valence-electron chi connectivity index (χ1n) is 4.20. The third-order valence-corrected chi connectivity index (χ3v) is 1.80. The van der Waals surface area contributed by atoms with Gasteiger partial charge >= 0.3 is 0 Å². The molecular weight excluding hydrogens is 171 g/mol. The van der Waals surface area contributed by atoms with Crippen LogP contribution in [-0.4, -0.2) is 17.3 Å². The molecule has 0 bridgehead atoms. The lowest BCUT2D eigenvalue weighted by Gasteiger charge is -2.16. The van der Waals surface area contributed by atoms with Crippen molar-refractivity contribution >= 4 is 0 Å². The highest BCUT2D eigenvalue weighted by Crippen LogP contribution is 2.14. The van der Waals surface area contributed by atoms with Gasteiger partial charge in [-0.1, -0.05) is 6.07 Å². The van der Waals surface area contributed by atoms with Crippen LogP contribution in [0.1, 0.15) is 13.8 Å². The molecule has 0 saturated heterocycles. The van der Waals surface area contributed by atoms with Crippen LogP contribution in [0.25, 0.3) is 0 Å². The summed E-state index contributed by atoms with van der Waals surface area (Å²) < 4.78 is 17.9. The third kappa shape index (κ3) is 3.03. The summed E-state index contributed by atoms with van der Waals surface area (Å²) >= 11 is 0. The molecule has 72 valence electrons. The van der Waals surface area contributed by atoms with E-state index in [1.165, 1.54) is 12.1 Å². The van der Waals surface area contributed by atoms with Crippen LogP contribution < -0.4 is 4.74 Å². The molecule has 0 heterocycles. The van der Waals surface area contributed by atoms with Crippen molar-refractivity contribution in [2.75, 3.05) is 0 Å². The van der Waals surface area contributed by atoms with Crippen molar-refractivity contribution < 1.29 is 14.2 Å². The summed E-state index contributed by atoms with van der Waals surface area (Å²) in [6.07, 6.45) is -0.898. The Labute approximate surface area is 77.0 Å². The Morgan fingerprint density at radius 1 is 1.38 bits per heavy atom. The number of benzene rings is 1. The van der Waals surface area contributed by atoms with Crippen molar-refractivity contribution in [2.45, 2.75) is 26.1 Å². The van der Waals surface area contributed by atoms with Gasteiger partial charge in [0, 0.05) is 6.07 Å². The average Bonchev–Trinajstić information content (AvgIpc) is 2.04. The zero-order valence-electron chi connectivity index (χ0n) is 7.70. The first-order chi connectivity index (χ1) is 6.09. The minimum Gasteiger partial charge on any atom is -0.488 e. The minimum atomic E-state index is -0.566. The van der Waals surface area contributed by atoms with Crippen LogP contribution in [0.4, 0.5) is 4.39 Å². The molecule has 0 spiro atoms. The fourth-order valence-corrected chi connectivity index (χ4v) is 0.853. The molecule has 3 heteroatoms. The molecule has 1 rings (SSSR count). The highest BCUT2D eigenvalue weighted by Gasteiger charge is 2.09. The number of hydrogen-bond acceptors (Lipinski definition) is 2. The average molecular weight is 184 g/mol. The Morgan fingerprint density at radius 3 is 2.62 bits per heavy atom. The fraction of sp³-hybridized carbons (Fsp3) is 0.400. The van der Waals surface area contributed by atoms with Crippen LogP contribution >= 0.6 is 0 Å². The fourth-order valence-electron chi connectivity index (χ4n) is 0.853. The summed E-state index contributed by atoms with van der Waals surface area (Å²) in [5, 5.41) is 9.13. The van der Waals surface area contributed by atoms with Gasteiger partial charge in [-0.25, -0.2) is 4.39 Å². The number of aliphatic hydroxyl groups is 1. The molecule has 13 heavy (non-hydrogen) atoms. The molecule has 1 N–H and O–H groups in total. The van der Waals surface area contributed by atoms with Gasteiger partial charge in [-0.15, -0.1) is 0 Å². The van der Waals surface area contributed by atoms with Gasteiger partial charge in [0.15, 0.2) is 0 Å². The number of rotatable bonds is 3. The van der Waals surface area contributed by atoms with Crippen molar-refractivity contribution in [1.82, 2.24) is 0 Å². The van der Waals surface area contributed by atoms with E-state index < -0.39 is 6.10 Å². The van der Waals surface area contributed by atoms with Gasteiger partial charge in [-0.05, 0) is 26.0 Å². The molecule has 1 unspecified atom stereocenters. The summed E-state index contributed by atoms with van der Waals surface area (Å²) in [7, 11) is 0. The second-order valence-corrected chi connectivity index (χ2v) is 3.02. The molecule has 0 aliphatic carbocycles. The molecule has 1 aromatic carbocycles. The van der Waals surface area contributed by atoms with Crippen molar-refractivity contribution in [3.05, 3.63) is 30.1 Å². The van der Waals surface area contributed by atoms with E-state index in [1.54, 1.807) is 26.0 Å². The normalized spacial score (nSPS) is 15.1. The lowest BCUT2D eigenvalue weighted by molar-refractivity contribution is 0.0602. The second kappa shape index (κ2) is 4.23. The van der Waals surface area contributed by atoms with Crippen molar-refractivity contribution in [3.63, 3.8) is 0 Å². The van der Waals surface area contributed by atoms with E-state index >= 15 is 0 Å². The minimum absolute atomic E-state index is 0.332. The molecule has 0 saturated carbocycles. The second-order valence-electron chi connectivity index (χ2n) is 3.02. The van der Waals surface area contributed by atoms with Gasteiger partial charge in [0.05, 0.1) is 6.10 Å². The van der Waals surface area contributed by atoms with Crippen molar-refractivity contribution in [2.24, 2.45) is 0 Å².